The first-order valence-corrected chi connectivity index (χ1v) is 8.30. The zero-order valence-electron chi connectivity index (χ0n) is 13.4. The lowest BCUT2D eigenvalue weighted by Gasteiger charge is -2.32. The molecular formula is C19H23N3O+2. The molecule has 1 unspecified atom stereocenters. The molecule has 3 aromatic rings. The number of aromatic nitrogens is 2. The quantitative estimate of drug-likeness (QED) is 0.752. The van der Waals surface area contributed by atoms with Crippen LogP contribution in [0.15, 0.2) is 48.8 Å². The van der Waals surface area contributed by atoms with Crippen molar-refractivity contribution >= 4 is 10.9 Å². The maximum absolute atomic E-state index is 5.59. The second-order valence-corrected chi connectivity index (χ2v) is 6.25. The number of pyridine rings is 1. The summed E-state index contributed by atoms with van der Waals surface area (Å²) in [4.78, 5) is 8.29. The zero-order chi connectivity index (χ0) is 15.6. The predicted octanol–water partition coefficient (Wildman–Crippen LogP) is 1.29. The second kappa shape index (κ2) is 6.14. The molecule has 1 aromatic carbocycles. The number of aryl methyl sites for hydroxylation is 1. The highest BCUT2D eigenvalue weighted by Gasteiger charge is 2.31. The summed E-state index contributed by atoms with van der Waals surface area (Å²) in [6.45, 7) is 5.96. The van der Waals surface area contributed by atoms with Gasteiger partial charge in [0, 0.05) is 39.9 Å². The van der Waals surface area contributed by atoms with Crippen molar-refractivity contribution in [1.82, 2.24) is 4.98 Å². The molecule has 0 radical (unpaired) electrons. The van der Waals surface area contributed by atoms with Gasteiger partial charge in [0.25, 0.3) is 0 Å². The van der Waals surface area contributed by atoms with Crippen LogP contribution in [-0.2, 0) is 4.74 Å². The first kappa shape index (κ1) is 14.4. The standard InChI is InChI=1S/C19H21N3O/c1-14-18(16-4-2-3-5-17(16)21-14)19(15-6-8-20-9-7-15)22-10-12-23-13-11-22/h2-9,19,21H,10-13H2,1H3/p+2. The largest absolute Gasteiger partial charge is 0.370 e. The fourth-order valence-electron chi connectivity index (χ4n) is 3.79. The molecule has 23 heavy (non-hydrogen) atoms. The van der Waals surface area contributed by atoms with E-state index in [0.29, 0.717) is 6.04 Å². The summed E-state index contributed by atoms with van der Waals surface area (Å²) in [5.41, 5.74) is 5.26. The van der Waals surface area contributed by atoms with Gasteiger partial charge in [-0.15, -0.1) is 0 Å². The van der Waals surface area contributed by atoms with Crippen molar-refractivity contribution in [2.75, 3.05) is 26.3 Å². The number of fused-ring (bicyclic) bond motifs is 1. The minimum absolute atomic E-state index is 0.338. The fourth-order valence-corrected chi connectivity index (χ4v) is 3.79. The van der Waals surface area contributed by atoms with Crippen LogP contribution < -0.4 is 9.88 Å². The van der Waals surface area contributed by atoms with Crippen molar-refractivity contribution in [3.8, 4) is 0 Å². The fraction of sp³-hybridized carbons (Fsp3) is 0.316. The lowest BCUT2D eigenvalue weighted by atomic mass is 9.95. The molecule has 4 heteroatoms. The van der Waals surface area contributed by atoms with Crippen LogP contribution in [-0.4, -0.2) is 31.3 Å². The minimum Gasteiger partial charge on any atom is -0.370 e. The number of quaternary nitrogens is 1. The number of aromatic amines is 2. The van der Waals surface area contributed by atoms with Crippen molar-refractivity contribution in [3.05, 3.63) is 65.6 Å². The van der Waals surface area contributed by atoms with Gasteiger partial charge in [0.2, 0.25) is 0 Å². The van der Waals surface area contributed by atoms with Gasteiger partial charge in [-0.05, 0) is 13.0 Å². The van der Waals surface area contributed by atoms with Crippen LogP contribution in [0, 0.1) is 6.92 Å². The second-order valence-electron chi connectivity index (χ2n) is 6.25. The van der Waals surface area contributed by atoms with Crippen LogP contribution in [0.5, 0.6) is 0 Å². The SMILES string of the molecule is Cc1[nH]c2ccccc2c1C(c1cc[nH+]cc1)[NH+]1CCOCC1. The lowest BCUT2D eigenvalue weighted by molar-refractivity contribution is -0.933. The van der Waals surface area contributed by atoms with E-state index in [-0.39, 0.29) is 0 Å². The smallest absolute Gasteiger partial charge is 0.167 e. The van der Waals surface area contributed by atoms with Crippen molar-refractivity contribution in [2.45, 2.75) is 13.0 Å². The Kier molecular flexibility index (Phi) is 3.85. The Bertz CT molecular complexity index is 791. The Labute approximate surface area is 136 Å². The van der Waals surface area contributed by atoms with Gasteiger partial charge in [-0.3, -0.25) is 0 Å². The third-order valence-corrected chi connectivity index (χ3v) is 4.85. The van der Waals surface area contributed by atoms with E-state index in [1.165, 1.54) is 27.7 Å². The van der Waals surface area contributed by atoms with Crippen LogP contribution in [0.25, 0.3) is 10.9 Å². The van der Waals surface area contributed by atoms with E-state index < -0.39 is 0 Å². The summed E-state index contributed by atoms with van der Waals surface area (Å²) in [5.74, 6) is 0. The average Bonchev–Trinajstić information content (AvgIpc) is 2.94. The van der Waals surface area contributed by atoms with E-state index >= 15 is 0 Å². The Hall–Kier alpha value is -2.17. The van der Waals surface area contributed by atoms with Crippen LogP contribution in [0.3, 0.4) is 0 Å². The van der Waals surface area contributed by atoms with Gasteiger partial charge < -0.3 is 14.6 Å². The number of benzene rings is 1. The molecule has 3 N–H and O–H groups in total. The number of ether oxygens (including phenoxy) is 1. The molecule has 3 heterocycles. The summed E-state index contributed by atoms with van der Waals surface area (Å²) in [5, 5.41) is 1.34. The van der Waals surface area contributed by atoms with Crippen molar-refractivity contribution in [1.29, 1.82) is 0 Å². The number of hydrogen-bond acceptors (Lipinski definition) is 1. The Morgan fingerprint density at radius 2 is 1.83 bits per heavy atom. The monoisotopic (exact) mass is 309 g/mol. The number of hydrogen-bond donors (Lipinski definition) is 2. The normalized spacial score (nSPS) is 17.4. The number of para-hydroxylation sites is 1. The summed E-state index contributed by atoms with van der Waals surface area (Å²) in [7, 11) is 0. The van der Waals surface area contributed by atoms with Crippen LogP contribution in [0.2, 0.25) is 0 Å². The summed E-state index contributed by atoms with van der Waals surface area (Å²) in [6, 6.07) is 13.4. The zero-order valence-corrected chi connectivity index (χ0v) is 13.4. The highest BCUT2D eigenvalue weighted by atomic mass is 16.5. The van der Waals surface area contributed by atoms with E-state index in [9.17, 15) is 0 Å². The van der Waals surface area contributed by atoms with Crippen LogP contribution >= 0.6 is 0 Å². The Morgan fingerprint density at radius 1 is 1.09 bits per heavy atom. The minimum atomic E-state index is 0.338. The number of nitrogens with one attached hydrogen (secondary N) is 3. The number of rotatable bonds is 3. The topological polar surface area (TPSA) is 43.6 Å². The number of morpholine rings is 1. The van der Waals surface area contributed by atoms with Crippen molar-refractivity contribution in [2.24, 2.45) is 0 Å². The lowest BCUT2D eigenvalue weighted by Crippen LogP contribution is -3.14. The molecule has 118 valence electrons. The van der Waals surface area contributed by atoms with Gasteiger partial charge in [-0.2, -0.15) is 0 Å². The number of H-pyrrole nitrogens is 2. The third-order valence-electron chi connectivity index (χ3n) is 4.85. The van der Waals surface area contributed by atoms with Crippen molar-refractivity contribution < 1.29 is 14.6 Å². The molecule has 0 amide bonds. The van der Waals surface area contributed by atoms with Gasteiger partial charge in [-0.1, -0.05) is 18.2 Å². The summed E-state index contributed by atoms with van der Waals surface area (Å²) < 4.78 is 5.59. The molecule has 4 rings (SSSR count). The highest BCUT2D eigenvalue weighted by molar-refractivity contribution is 5.85. The molecule has 1 aliphatic heterocycles. The van der Waals surface area contributed by atoms with E-state index in [1.807, 2.05) is 12.4 Å². The van der Waals surface area contributed by atoms with Crippen LogP contribution in [0.4, 0.5) is 0 Å². The van der Waals surface area contributed by atoms with E-state index in [0.717, 1.165) is 26.3 Å². The molecule has 2 aromatic heterocycles. The molecule has 0 saturated carbocycles. The van der Waals surface area contributed by atoms with Gasteiger partial charge in [-0.25, -0.2) is 4.98 Å². The maximum atomic E-state index is 5.59. The Balaban J connectivity index is 1.88. The summed E-state index contributed by atoms with van der Waals surface area (Å²) in [6.07, 6.45) is 4.04. The molecule has 1 atom stereocenters. The molecule has 1 saturated heterocycles. The van der Waals surface area contributed by atoms with E-state index in [4.69, 9.17) is 4.74 Å². The Morgan fingerprint density at radius 3 is 2.61 bits per heavy atom. The van der Waals surface area contributed by atoms with Crippen LogP contribution in [0.1, 0.15) is 22.9 Å². The van der Waals surface area contributed by atoms with Crippen molar-refractivity contribution in [3.63, 3.8) is 0 Å². The van der Waals surface area contributed by atoms with Gasteiger partial charge in [0.15, 0.2) is 12.4 Å². The molecule has 1 fully saturated rings. The first-order chi connectivity index (χ1) is 11.3. The van der Waals surface area contributed by atoms with Gasteiger partial charge in [0.1, 0.15) is 19.1 Å². The molecule has 1 aliphatic rings. The van der Waals surface area contributed by atoms with Gasteiger partial charge in [0.05, 0.1) is 13.2 Å². The molecule has 0 spiro atoms. The molecule has 0 aliphatic carbocycles. The molecular weight excluding hydrogens is 286 g/mol. The predicted molar refractivity (Wildman–Crippen MR) is 89.4 cm³/mol. The molecule has 4 nitrogen and oxygen atoms in total. The first-order valence-electron chi connectivity index (χ1n) is 8.30. The van der Waals surface area contributed by atoms with E-state index in [1.54, 1.807) is 4.90 Å². The average molecular weight is 309 g/mol. The summed E-state index contributed by atoms with van der Waals surface area (Å²) >= 11 is 0. The maximum Gasteiger partial charge on any atom is 0.167 e. The van der Waals surface area contributed by atoms with E-state index in [2.05, 4.69) is 53.3 Å². The highest BCUT2D eigenvalue weighted by Crippen LogP contribution is 2.30. The van der Waals surface area contributed by atoms with Gasteiger partial charge >= 0.3 is 0 Å². The molecule has 0 bridgehead atoms. The third kappa shape index (κ3) is 2.64.